The van der Waals surface area contributed by atoms with Crippen LogP contribution in [0.4, 0.5) is 5.69 Å². The SMILES string of the molecule is O=[N+]([O-])c1ccc(O)c(C=NCCN=Cc2cc(Cl)ccc2O)c1. The summed E-state index contributed by atoms with van der Waals surface area (Å²) in [7, 11) is 0. The number of benzene rings is 2. The van der Waals surface area contributed by atoms with Gasteiger partial charge in [-0.25, -0.2) is 0 Å². The molecule has 0 heterocycles. The molecule has 2 aromatic rings. The number of halogens is 1. The monoisotopic (exact) mass is 347 g/mol. The first-order valence-electron chi connectivity index (χ1n) is 6.93. The molecule has 24 heavy (non-hydrogen) atoms. The van der Waals surface area contributed by atoms with E-state index in [2.05, 4.69) is 9.98 Å². The fraction of sp³-hybridized carbons (Fsp3) is 0.125. The van der Waals surface area contributed by atoms with E-state index in [0.29, 0.717) is 23.7 Å². The molecule has 0 unspecified atom stereocenters. The minimum atomic E-state index is -0.543. The lowest BCUT2D eigenvalue weighted by Crippen LogP contribution is -1.93. The highest BCUT2D eigenvalue weighted by Crippen LogP contribution is 2.21. The summed E-state index contributed by atoms with van der Waals surface area (Å²) in [5.41, 5.74) is 0.646. The van der Waals surface area contributed by atoms with Crippen LogP contribution in [-0.2, 0) is 0 Å². The summed E-state index contributed by atoms with van der Waals surface area (Å²) in [5, 5.41) is 30.5. The van der Waals surface area contributed by atoms with Crippen molar-refractivity contribution in [2.75, 3.05) is 13.1 Å². The number of rotatable bonds is 6. The Morgan fingerprint density at radius 2 is 1.54 bits per heavy atom. The van der Waals surface area contributed by atoms with Gasteiger partial charge in [0.15, 0.2) is 0 Å². The van der Waals surface area contributed by atoms with Crippen LogP contribution in [0.1, 0.15) is 11.1 Å². The van der Waals surface area contributed by atoms with Gasteiger partial charge in [-0.05, 0) is 24.3 Å². The second-order valence-corrected chi connectivity index (χ2v) is 5.21. The van der Waals surface area contributed by atoms with Crippen molar-refractivity contribution in [2.24, 2.45) is 9.98 Å². The zero-order valence-electron chi connectivity index (χ0n) is 12.5. The number of nitrogens with zero attached hydrogens (tertiary/aromatic N) is 3. The third kappa shape index (κ3) is 4.79. The van der Waals surface area contributed by atoms with E-state index >= 15 is 0 Å². The highest BCUT2D eigenvalue weighted by atomic mass is 35.5. The molecule has 8 heteroatoms. The predicted molar refractivity (Wildman–Crippen MR) is 92.8 cm³/mol. The molecule has 2 aromatic carbocycles. The van der Waals surface area contributed by atoms with Gasteiger partial charge in [0, 0.05) is 40.7 Å². The van der Waals surface area contributed by atoms with E-state index in [1.807, 2.05) is 0 Å². The molecule has 2 rings (SSSR count). The van der Waals surface area contributed by atoms with Crippen LogP contribution in [0.2, 0.25) is 5.02 Å². The van der Waals surface area contributed by atoms with Crippen LogP contribution < -0.4 is 0 Å². The summed E-state index contributed by atoms with van der Waals surface area (Å²) in [6, 6.07) is 8.35. The number of nitro groups is 1. The maximum absolute atomic E-state index is 10.7. The van der Waals surface area contributed by atoms with Crippen LogP contribution in [0, 0.1) is 10.1 Å². The molecular formula is C16H14ClN3O4. The predicted octanol–water partition coefficient (Wildman–Crippen LogP) is 3.20. The summed E-state index contributed by atoms with van der Waals surface area (Å²) >= 11 is 5.83. The highest BCUT2D eigenvalue weighted by molar-refractivity contribution is 6.30. The van der Waals surface area contributed by atoms with Gasteiger partial charge >= 0.3 is 0 Å². The van der Waals surface area contributed by atoms with Gasteiger partial charge in [-0.1, -0.05) is 11.6 Å². The number of aliphatic imine (C=N–C) groups is 2. The minimum absolute atomic E-state index is 0.0770. The Labute approximate surface area is 142 Å². The van der Waals surface area contributed by atoms with Gasteiger partial charge in [0.2, 0.25) is 0 Å². The minimum Gasteiger partial charge on any atom is -0.507 e. The molecule has 0 radical (unpaired) electrons. The fourth-order valence-corrected chi connectivity index (χ4v) is 2.01. The number of non-ortho nitro benzene ring substituents is 1. The Hall–Kier alpha value is -2.93. The van der Waals surface area contributed by atoms with E-state index in [1.165, 1.54) is 36.7 Å². The van der Waals surface area contributed by atoms with Gasteiger partial charge in [-0.3, -0.25) is 20.1 Å². The molecule has 0 saturated heterocycles. The average molecular weight is 348 g/mol. The zero-order valence-corrected chi connectivity index (χ0v) is 13.2. The quantitative estimate of drug-likeness (QED) is 0.362. The van der Waals surface area contributed by atoms with Crippen molar-refractivity contribution in [1.82, 2.24) is 0 Å². The van der Waals surface area contributed by atoms with Crippen molar-refractivity contribution >= 4 is 29.7 Å². The van der Waals surface area contributed by atoms with E-state index in [-0.39, 0.29) is 22.7 Å². The third-order valence-electron chi connectivity index (χ3n) is 3.03. The highest BCUT2D eigenvalue weighted by Gasteiger charge is 2.08. The van der Waals surface area contributed by atoms with Crippen molar-refractivity contribution in [3.05, 3.63) is 62.7 Å². The molecule has 0 spiro atoms. The molecule has 0 bridgehead atoms. The molecular weight excluding hydrogens is 334 g/mol. The van der Waals surface area contributed by atoms with Gasteiger partial charge in [-0.2, -0.15) is 0 Å². The Morgan fingerprint density at radius 3 is 2.12 bits per heavy atom. The Bertz CT molecular complexity index is 806. The van der Waals surface area contributed by atoms with Gasteiger partial charge in [0.05, 0.1) is 18.0 Å². The maximum Gasteiger partial charge on any atom is 0.270 e. The first-order valence-corrected chi connectivity index (χ1v) is 7.31. The van der Waals surface area contributed by atoms with Gasteiger partial charge in [-0.15, -0.1) is 0 Å². The molecule has 0 aliphatic carbocycles. The summed E-state index contributed by atoms with van der Waals surface area (Å²) in [6.07, 6.45) is 2.84. The molecule has 7 nitrogen and oxygen atoms in total. The lowest BCUT2D eigenvalue weighted by atomic mass is 10.2. The summed E-state index contributed by atoms with van der Waals surface area (Å²) in [5.74, 6) is -0.00938. The zero-order chi connectivity index (χ0) is 17.5. The van der Waals surface area contributed by atoms with Crippen molar-refractivity contribution in [1.29, 1.82) is 0 Å². The normalized spacial score (nSPS) is 11.4. The molecule has 0 saturated carbocycles. The van der Waals surface area contributed by atoms with Gasteiger partial charge < -0.3 is 10.2 Å². The number of phenolic OH excluding ortho intramolecular Hbond substituents is 2. The van der Waals surface area contributed by atoms with E-state index in [4.69, 9.17) is 11.6 Å². The third-order valence-corrected chi connectivity index (χ3v) is 3.27. The number of hydrogen-bond acceptors (Lipinski definition) is 6. The Balaban J connectivity index is 1.93. The van der Waals surface area contributed by atoms with Crippen LogP contribution in [0.25, 0.3) is 0 Å². The standard InChI is InChI=1S/C16H14ClN3O4/c17-13-1-3-15(21)11(7-13)9-18-5-6-19-10-12-8-14(20(23)24)2-4-16(12)22/h1-4,7-10,21-22H,5-6H2. The molecule has 124 valence electrons. The molecule has 0 atom stereocenters. The van der Waals surface area contributed by atoms with Crippen molar-refractivity contribution in [3.63, 3.8) is 0 Å². The maximum atomic E-state index is 10.7. The van der Waals surface area contributed by atoms with E-state index < -0.39 is 4.92 Å². The van der Waals surface area contributed by atoms with Crippen LogP contribution in [0.3, 0.4) is 0 Å². The second-order valence-electron chi connectivity index (χ2n) is 4.77. The second kappa shape index (κ2) is 8.07. The lowest BCUT2D eigenvalue weighted by Gasteiger charge is -1.99. The molecule has 0 amide bonds. The summed E-state index contributed by atoms with van der Waals surface area (Å²) in [4.78, 5) is 18.3. The number of aromatic hydroxyl groups is 2. The number of phenols is 2. The first-order chi connectivity index (χ1) is 11.5. The topological polar surface area (TPSA) is 108 Å². The van der Waals surface area contributed by atoms with E-state index in [1.54, 1.807) is 12.1 Å². The molecule has 2 N–H and O–H groups in total. The number of nitro benzene ring substituents is 1. The molecule has 0 aliphatic heterocycles. The number of hydrogen-bond donors (Lipinski definition) is 2. The van der Waals surface area contributed by atoms with Crippen molar-refractivity contribution in [3.8, 4) is 11.5 Å². The summed E-state index contributed by atoms with van der Waals surface area (Å²) < 4.78 is 0. The van der Waals surface area contributed by atoms with Gasteiger partial charge in [0.25, 0.3) is 5.69 Å². The van der Waals surface area contributed by atoms with Crippen LogP contribution >= 0.6 is 11.6 Å². The lowest BCUT2D eigenvalue weighted by molar-refractivity contribution is -0.384. The van der Waals surface area contributed by atoms with Gasteiger partial charge in [0.1, 0.15) is 11.5 Å². The van der Waals surface area contributed by atoms with Crippen molar-refractivity contribution in [2.45, 2.75) is 0 Å². The molecule has 0 aliphatic rings. The van der Waals surface area contributed by atoms with Crippen LogP contribution in [0.15, 0.2) is 46.4 Å². The van der Waals surface area contributed by atoms with E-state index in [9.17, 15) is 20.3 Å². The smallest absolute Gasteiger partial charge is 0.270 e. The summed E-state index contributed by atoms with van der Waals surface area (Å²) in [6.45, 7) is 0.665. The largest absolute Gasteiger partial charge is 0.507 e. The van der Waals surface area contributed by atoms with E-state index in [0.717, 1.165) is 0 Å². The Kier molecular flexibility index (Phi) is 5.86. The Morgan fingerprint density at radius 1 is 1.00 bits per heavy atom. The average Bonchev–Trinajstić information content (AvgIpc) is 2.55. The molecule has 0 fully saturated rings. The van der Waals surface area contributed by atoms with Crippen LogP contribution in [0.5, 0.6) is 11.5 Å². The van der Waals surface area contributed by atoms with Crippen LogP contribution in [-0.4, -0.2) is 40.7 Å². The van der Waals surface area contributed by atoms with Crippen molar-refractivity contribution < 1.29 is 15.1 Å². The fourth-order valence-electron chi connectivity index (χ4n) is 1.83. The first kappa shape index (κ1) is 17.4. The molecule has 0 aromatic heterocycles.